The van der Waals surface area contributed by atoms with E-state index in [0.29, 0.717) is 16.8 Å². The first-order valence-electron chi connectivity index (χ1n) is 6.74. The molecule has 1 N–H and O–H groups in total. The predicted molar refractivity (Wildman–Crippen MR) is 82.8 cm³/mol. The first kappa shape index (κ1) is 15.2. The highest BCUT2D eigenvalue weighted by Crippen LogP contribution is 2.27. The molecule has 0 saturated carbocycles. The average molecular weight is 332 g/mol. The minimum Gasteiger partial charge on any atom is -0.326 e. The number of nitrogens with one attached hydrogen (secondary N) is 1. The molecule has 0 saturated heterocycles. The van der Waals surface area contributed by atoms with Crippen molar-refractivity contribution >= 4 is 27.1 Å². The maximum absolute atomic E-state index is 12.5. The molecule has 0 spiro atoms. The lowest BCUT2D eigenvalue weighted by molar-refractivity contribution is -0.384. The van der Waals surface area contributed by atoms with E-state index in [1.807, 2.05) is 0 Å². The number of hydrogen-bond acceptors (Lipinski definition) is 5. The Morgan fingerprint density at radius 2 is 1.83 bits per heavy atom. The number of benzene rings is 2. The molecule has 8 heteroatoms. The Bertz CT molecular complexity index is 904. The highest BCUT2D eigenvalue weighted by molar-refractivity contribution is 7.90. The van der Waals surface area contributed by atoms with E-state index in [-0.39, 0.29) is 28.7 Å². The van der Waals surface area contributed by atoms with E-state index in [4.69, 9.17) is 0 Å². The molecule has 1 aliphatic rings. The van der Waals surface area contributed by atoms with Crippen LogP contribution in [0.3, 0.4) is 0 Å². The Hall–Kier alpha value is -2.74. The lowest BCUT2D eigenvalue weighted by Crippen LogP contribution is -2.05. The van der Waals surface area contributed by atoms with Crippen LogP contribution in [-0.4, -0.2) is 19.2 Å². The van der Waals surface area contributed by atoms with Crippen molar-refractivity contribution in [2.24, 2.45) is 0 Å². The highest BCUT2D eigenvalue weighted by Gasteiger charge is 2.22. The van der Waals surface area contributed by atoms with Gasteiger partial charge in [0.05, 0.1) is 22.0 Å². The third kappa shape index (κ3) is 3.07. The van der Waals surface area contributed by atoms with Crippen molar-refractivity contribution in [3.63, 3.8) is 0 Å². The van der Waals surface area contributed by atoms with Crippen molar-refractivity contribution in [1.29, 1.82) is 0 Å². The summed E-state index contributed by atoms with van der Waals surface area (Å²) in [6.07, 6.45) is 0.163. The number of nitro benzene ring substituents is 1. The van der Waals surface area contributed by atoms with E-state index in [1.165, 1.54) is 36.4 Å². The van der Waals surface area contributed by atoms with Crippen molar-refractivity contribution < 1.29 is 18.1 Å². The summed E-state index contributed by atoms with van der Waals surface area (Å²) in [4.78, 5) is 21.5. The second-order valence-electron chi connectivity index (χ2n) is 5.23. The lowest BCUT2D eigenvalue weighted by Gasteiger charge is -2.06. The summed E-state index contributed by atoms with van der Waals surface area (Å²) in [5.41, 5.74) is 1.66. The van der Waals surface area contributed by atoms with Gasteiger partial charge in [-0.1, -0.05) is 12.1 Å². The van der Waals surface area contributed by atoms with Gasteiger partial charge in [-0.3, -0.25) is 14.9 Å². The normalized spacial score (nSPS) is 13.5. The molecule has 0 aliphatic carbocycles. The van der Waals surface area contributed by atoms with E-state index in [9.17, 15) is 23.3 Å². The zero-order valence-electron chi connectivity index (χ0n) is 11.9. The number of nitro groups is 1. The van der Waals surface area contributed by atoms with Crippen molar-refractivity contribution in [3.05, 3.63) is 63.7 Å². The Morgan fingerprint density at radius 1 is 1.13 bits per heavy atom. The number of hydrogen-bond donors (Lipinski definition) is 1. The van der Waals surface area contributed by atoms with E-state index in [0.717, 1.165) is 0 Å². The van der Waals surface area contributed by atoms with Crippen molar-refractivity contribution in [2.45, 2.75) is 17.1 Å². The monoisotopic (exact) mass is 332 g/mol. The molecule has 23 heavy (non-hydrogen) atoms. The van der Waals surface area contributed by atoms with Gasteiger partial charge >= 0.3 is 0 Å². The number of sulfone groups is 1. The van der Waals surface area contributed by atoms with E-state index in [1.54, 1.807) is 6.07 Å². The van der Waals surface area contributed by atoms with Crippen molar-refractivity contribution in [3.8, 4) is 0 Å². The van der Waals surface area contributed by atoms with Crippen LogP contribution < -0.4 is 5.32 Å². The molecule has 1 heterocycles. The number of anilines is 1. The summed E-state index contributed by atoms with van der Waals surface area (Å²) < 4.78 is 24.9. The summed E-state index contributed by atoms with van der Waals surface area (Å²) in [6.45, 7) is 0. The molecular formula is C15H12N2O5S. The molecule has 0 fully saturated rings. The van der Waals surface area contributed by atoms with Gasteiger partial charge in [0.25, 0.3) is 5.69 Å². The van der Waals surface area contributed by atoms with Gasteiger partial charge < -0.3 is 5.32 Å². The van der Waals surface area contributed by atoms with Crippen LogP contribution in [0.15, 0.2) is 47.4 Å². The molecule has 0 atom stereocenters. The number of carbonyl (C=O) groups is 1. The Balaban J connectivity index is 1.86. The van der Waals surface area contributed by atoms with Gasteiger partial charge in [-0.2, -0.15) is 0 Å². The quantitative estimate of drug-likeness (QED) is 0.681. The van der Waals surface area contributed by atoms with Gasteiger partial charge in [-0.05, 0) is 29.3 Å². The smallest absolute Gasteiger partial charge is 0.269 e. The van der Waals surface area contributed by atoms with Crippen LogP contribution >= 0.6 is 0 Å². The molecule has 3 rings (SSSR count). The maximum atomic E-state index is 12.5. The molecule has 2 aromatic rings. The van der Waals surface area contributed by atoms with E-state index < -0.39 is 14.8 Å². The fourth-order valence-corrected chi connectivity index (χ4v) is 3.81. The summed E-state index contributed by atoms with van der Waals surface area (Å²) in [5.74, 6) is -0.421. The number of fused-ring (bicyclic) bond motifs is 1. The minimum absolute atomic E-state index is 0.0896. The SMILES string of the molecule is O=C1Cc2cc(S(=O)(=O)Cc3ccc([N+](=O)[O-])cc3)ccc2N1. The van der Waals surface area contributed by atoms with Crippen LogP contribution in [0.4, 0.5) is 11.4 Å². The molecule has 2 aromatic carbocycles. The van der Waals surface area contributed by atoms with Crippen molar-refractivity contribution in [2.75, 3.05) is 5.32 Å². The summed E-state index contributed by atoms with van der Waals surface area (Å²) in [6, 6.07) is 9.91. The topological polar surface area (TPSA) is 106 Å². The van der Waals surface area contributed by atoms with Crippen LogP contribution in [0.5, 0.6) is 0 Å². The predicted octanol–water partition coefficient (Wildman–Crippen LogP) is 2.06. The maximum Gasteiger partial charge on any atom is 0.269 e. The molecule has 1 aliphatic heterocycles. The average Bonchev–Trinajstić information content (AvgIpc) is 2.86. The number of nitrogens with zero attached hydrogens (tertiary/aromatic N) is 1. The molecule has 0 bridgehead atoms. The van der Waals surface area contributed by atoms with Gasteiger partial charge in [-0.25, -0.2) is 8.42 Å². The van der Waals surface area contributed by atoms with E-state index in [2.05, 4.69) is 5.32 Å². The van der Waals surface area contributed by atoms with Crippen LogP contribution in [0.2, 0.25) is 0 Å². The fourth-order valence-electron chi connectivity index (χ4n) is 2.42. The molecular weight excluding hydrogens is 320 g/mol. The van der Waals surface area contributed by atoms with Gasteiger partial charge in [-0.15, -0.1) is 0 Å². The molecule has 7 nitrogen and oxygen atoms in total. The van der Waals surface area contributed by atoms with Gasteiger partial charge in [0.2, 0.25) is 5.91 Å². The molecule has 0 aromatic heterocycles. The Labute approximate surface area is 132 Å². The largest absolute Gasteiger partial charge is 0.326 e. The van der Waals surface area contributed by atoms with E-state index >= 15 is 0 Å². The molecule has 1 amide bonds. The van der Waals surface area contributed by atoms with Gasteiger partial charge in [0.15, 0.2) is 9.84 Å². The molecule has 118 valence electrons. The summed E-state index contributed by atoms with van der Waals surface area (Å²) >= 11 is 0. The Kier molecular flexibility index (Phi) is 3.61. The standard InChI is InChI=1S/C15H12N2O5S/c18-15-8-11-7-13(5-6-14(11)16-15)23(21,22)9-10-1-3-12(4-2-10)17(19)20/h1-7H,8-9H2,(H,16,18). The molecule has 0 radical (unpaired) electrons. The zero-order chi connectivity index (χ0) is 16.6. The second-order valence-corrected chi connectivity index (χ2v) is 7.22. The first-order valence-corrected chi connectivity index (χ1v) is 8.39. The van der Waals surface area contributed by atoms with Crippen LogP contribution in [0, 0.1) is 10.1 Å². The number of rotatable bonds is 4. The van der Waals surface area contributed by atoms with Crippen molar-refractivity contribution in [1.82, 2.24) is 0 Å². The lowest BCUT2D eigenvalue weighted by atomic mass is 10.2. The van der Waals surface area contributed by atoms with Crippen LogP contribution in [0.25, 0.3) is 0 Å². The highest BCUT2D eigenvalue weighted by atomic mass is 32.2. The molecule has 0 unspecified atom stereocenters. The van der Waals surface area contributed by atoms with Crippen LogP contribution in [-0.2, 0) is 26.8 Å². The number of amides is 1. The number of non-ortho nitro benzene ring substituents is 1. The second kappa shape index (κ2) is 5.47. The Morgan fingerprint density at radius 3 is 2.48 bits per heavy atom. The zero-order valence-corrected chi connectivity index (χ0v) is 12.7. The summed E-state index contributed by atoms with van der Waals surface area (Å²) in [7, 11) is -3.59. The van der Waals surface area contributed by atoms with Crippen LogP contribution in [0.1, 0.15) is 11.1 Å². The third-order valence-electron chi connectivity index (χ3n) is 3.56. The minimum atomic E-state index is -3.59. The third-order valence-corrected chi connectivity index (χ3v) is 5.25. The number of carbonyl (C=O) groups excluding carboxylic acids is 1. The summed E-state index contributed by atoms with van der Waals surface area (Å²) in [5, 5.41) is 13.3. The van der Waals surface area contributed by atoms with Gasteiger partial charge in [0, 0.05) is 17.8 Å². The fraction of sp³-hybridized carbons (Fsp3) is 0.133. The van der Waals surface area contributed by atoms with Gasteiger partial charge in [0.1, 0.15) is 0 Å². The first-order chi connectivity index (χ1) is 10.8.